The zero-order chi connectivity index (χ0) is 19.2. The van der Waals surface area contributed by atoms with Crippen LogP contribution < -0.4 is 5.32 Å². The molecule has 2 N–H and O–H groups in total. The minimum atomic E-state index is -0.791. The number of carboxylic acids is 1. The Labute approximate surface area is 163 Å². The molecule has 0 radical (unpaired) electrons. The number of carbonyl (C=O) groups is 2. The van der Waals surface area contributed by atoms with E-state index in [0.717, 1.165) is 24.1 Å². The van der Waals surface area contributed by atoms with Gasteiger partial charge in [0.15, 0.2) is 0 Å². The van der Waals surface area contributed by atoms with Gasteiger partial charge in [0, 0.05) is 11.6 Å². The lowest BCUT2D eigenvalue weighted by Crippen LogP contribution is -2.45. The lowest BCUT2D eigenvalue weighted by atomic mass is 9.97. The van der Waals surface area contributed by atoms with Crippen molar-refractivity contribution in [1.29, 1.82) is 0 Å². The molecule has 6 heteroatoms. The number of carboxylic acid groups (broad SMARTS) is 1. The molecular weight excluding hydrogens is 364 g/mol. The first kappa shape index (κ1) is 19.4. The normalized spacial score (nSPS) is 18.6. The van der Waals surface area contributed by atoms with Gasteiger partial charge in [-0.1, -0.05) is 54.1 Å². The maximum Gasteiger partial charge on any atom is 0.307 e. The largest absolute Gasteiger partial charge is 0.481 e. The second-order valence-corrected chi connectivity index (χ2v) is 7.32. The summed E-state index contributed by atoms with van der Waals surface area (Å²) in [6.45, 7) is 1.34. The Morgan fingerprint density at radius 2 is 1.89 bits per heavy atom. The van der Waals surface area contributed by atoms with Gasteiger partial charge in [-0.25, -0.2) is 0 Å². The summed E-state index contributed by atoms with van der Waals surface area (Å²) in [6, 6.07) is 16.9. The van der Waals surface area contributed by atoms with Gasteiger partial charge in [-0.15, -0.1) is 0 Å². The van der Waals surface area contributed by atoms with E-state index in [1.807, 2.05) is 53.4 Å². The van der Waals surface area contributed by atoms with Crippen LogP contribution in [0.1, 0.15) is 30.0 Å². The van der Waals surface area contributed by atoms with Crippen molar-refractivity contribution in [2.24, 2.45) is 5.92 Å². The third-order valence-electron chi connectivity index (χ3n) is 4.84. The summed E-state index contributed by atoms with van der Waals surface area (Å²) in [4.78, 5) is 25.8. The number of halogens is 1. The predicted octanol–water partition coefficient (Wildman–Crippen LogP) is 3.34. The summed E-state index contributed by atoms with van der Waals surface area (Å²) in [5.74, 6) is -1.32. The molecule has 2 atom stereocenters. The van der Waals surface area contributed by atoms with Gasteiger partial charge < -0.3 is 10.4 Å². The van der Waals surface area contributed by atoms with Crippen LogP contribution >= 0.6 is 11.6 Å². The fourth-order valence-corrected chi connectivity index (χ4v) is 3.70. The van der Waals surface area contributed by atoms with Gasteiger partial charge in [-0.3, -0.25) is 14.5 Å². The Bertz CT molecular complexity index is 797. The Balaban J connectivity index is 1.72. The number of likely N-dealkylation sites (tertiary alicyclic amines) is 1. The fourth-order valence-electron chi connectivity index (χ4n) is 3.50. The first-order valence-electron chi connectivity index (χ1n) is 9.08. The van der Waals surface area contributed by atoms with E-state index in [1.54, 1.807) is 6.07 Å². The molecule has 2 unspecified atom stereocenters. The molecule has 1 amide bonds. The molecule has 1 heterocycles. The standard InChI is InChI=1S/C21H23ClN2O3/c22-18-10-4-8-16(12-18)20(15-6-2-1-3-7-15)23-19(25)14-24-11-5-9-17(13-24)21(26)27/h1-4,6-8,10,12,17,20H,5,9,11,13-14H2,(H,23,25)(H,26,27). The summed E-state index contributed by atoms with van der Waals surface area (Å²) in [6.07, 6.45) is 1.46. The smallest absolute Gasteiger partial charge is 0.307 e. The van der Waals surface area contributed by atoms with Crippen LogP contribution in [0.15, 0.2) is 54.6 Å². The van der Waals surface area contributed by atoms with Crippen molar-refractivity contribution in [3.63, 3.8) is 0 Å². The third kappa shape index (κ3) is 5.31. The first-order valence-corrected chi connectivity index (χ1v) is 9.45. The van der Waals surface area contributed by atoms with Crippen LogP contribution in [-0.4, -0.2) is 41.5 Å². The molecule has 0 aromatic heterocycles. The zero-order valence-corrected chi connectivity index (χ0v) is 15.7. The number of nitrogens with zero attached hydrogens (tertiary/aromatic N) is 1. The minimum Gasteiger partial charge on any atom is -0.481 e. The molecule has 142 valence electrons. The van der Waals surface area contributed by atoms with E-state index < -0.39 is 11.9 Å². The number of nitrogens with one attached hydrogen (secondary N) is 1. The van der Waals surface area contributed by atoms with E-state index in [1.165, 1.54) is 0 Å². The minimum absolute atomic E-state index is 0.130. The van der Waals surface area contributed by atoms with Crippen molar-refractivity contribution < 1.29 is 14.7 Å². The van der Waals surface area contributed by atoms with Gasteiger partial charge in [-0.05, 0) is 42.6 Å². The summed E-state index contributed by atoms with van der Waals surface area (Å²) >= 11 is 6.14. The summed E-state index contributed by atoms with van der Waals surface area (Å²) in [5.41, 5.74) is 1.87. The number of hydrogen-bond donors (Lipinski definition) is 2. The first-order chi connectivity index (χ1) is 13.0. The van der Waals surface area contributed by atoms with Gasteiger partial charge in [0.05, 0.1) is 18.5 Å². The molecule has 27 heavy (non-hydrogen) atoms. The topological polar surface area (TPSA) is 69.6 Å². The Morgan fingerprint density at radius 1 is 1.15 bits per heavy atom. The van der Waals surface area contributed by atoms with Crippen molar-refractivity contribution in [2.45, 2.75) is 18.9 Å². The van der Waals surface area contributed by atoms with Crippen LogP contribution in [-0.2, 0) is 9.59 Å². The van der Waals surface area contributed by atoms with Gasteiger partial charge in [0.25, 0.3) is 0 Å². The lowest BCUT2D eigenvalue weighted by Gasteiger charge is -2.30. The Morgan fingerprint density at radius 3 is 2.59 bits per heavy atom. The molecule has 5 nitrogen and oxygen atoms in total. The molecule has 1 fully saturated rings. The SMILES string of the molecule is O=C(CN1CCCC(C(=O)O)C1)NC(c1ccccc1)c1cccc(Cl)c1. The maximum absolute atomic E-state index is 12.7. The number of carbonyl (C=O) groups excluding carboxylic acids is 1. The van der Waals surface area contributed by atoms with Crippen molar-refractivity contribution in [1.82, 2.24) is 10.2 Å². The van der Waals surface area contributed by atoms with E-state index in [2.05, 4.69) is 5.32 Å². The third-order valence-corrected chi connectivity index (χ3v) is 5.08. The summed E-state index contributed by atoms with van der Waals surface area (Å²) in [5, 5.41) is 12.9. The molecule has 1 aliphatic rings. The quantitative estimate of drug-likeness (QED) is 0.798. The number of aliphatic carboxylic acids is 1. The molecular formula is C21H23ClN2O3. The summed E-state index contributed by atoms with van der Waals surface area (Å²) < 4.78 is 0. The number of hydrogen-bond acceptors (Lipinski definition) is 3. The van der Waals surface area contributed by atoms with E-state index in [4.69, 9.17) is 11.6 Å². The van der Waals surface area contributed by atoms with Crippen LogP contribution in [0.3, 0.4) is 0 Å². The highest BCUT2D eigenvalue weighted by Gasteiger charge is 2.27. The van der Waals surface area contributed by atoms with Gasteiger partial charge in [0.2, 0.25) is 5.91 Å². The number of piperidine rings is 1. The molecule has 1 aliphatic heterocycles. The maximum atomic E-state index is 12.7. The molecule has 2 aromatic carbocycles. The molecule has 3 rings (SSSR count). The predicted molar refractivity (Wildman–Crippen MR) is 105 cm³/mol. The van der Waals surface area contributed by atoms with Crippen molar-refractivity contribution in [3.05, 3.63) is 70.7 Å². The van der Waals surface area contributed by atoms with Crippen LogP contribution in [0.4, 0.5) is 0 Å². The number of benzene rings is 2. The second kappa shape index (κ2) is 9.02. The number of amides is 1. The summed E-state index contributed by atoms with van der Waals surface area (Å²) in [7, 11) is 0. The Kier molecular flexibility index (Phi) is 6.48. The van der Waals surface area contributed by atoms with E-state index in [0.29, 0.717) is 18.0 Å². The average molecular weight is 387 g/mol. The highest BCUT2D eigenvalue weighted by molar-refractivity contribution is 6.30. The monoisotopic (exact) mass is 386 g/mol. The van der Waals surface area contributed by atoms with E-state index in [9.17, 15) is 14.7 Å². The van der Waals surface area contributed by atoms with Crippen molar-refractivity contribution >= 4 is 23.5 Å². The fraction of sp³-hybridized carbons (Fsp3) is 0.333. The molecule has 0 spiro atoms. The average Bonchev–Trinajstić information content (AvgIpc) is 2.67. The van der Waals surface area contributed by atoms with Crippen LogP contribution in [0.2, 0.25) is 5.02 Å². The molecule has 0 aliphatic carbocycles. The van der Waals surface area contributed by atoms with Crippen LogP contribution in [0.25, 0.3) is 0 Å². The lowest BCUT2D eigenvalue weighted by molar-refractivity contribution is -0.144. The van der Waals surface area contributed by atoms with Crippen LogP contribution in [0, 0.1) is 5.92 Å². The van der Waals surface area contributed by atoms with Crippen molar-refractivity contribution in [3.8, 4) is 0 Å². The molecule has 0 saturated carbocycles. The zero-order valence-electron chi connectivity index (χ0n) is 15.0. The van der Waals surface area contributed by atoms with Crippen LogP contribution in [0.5, 0.6) is 0 Å². The van der Waals surface area contributed by atoms with Gasteiger partial charge in [0.1, 0.15) is 0 Å². The number of rotatable bonds is 6. The van der Waals surface area contributed by atoms with Crippen molar-refractivity contribution in [2.75, 3.05) is 19.6 Å². The molecule has 1 saturated heterocycles. The Hall–Kier alpha value is -2.37. The van der Waals surface area contributed by atoms with E-state index >= 15 is 0 Å². The highest BCUT2D eigenvalue weighted by atomic mass is 35.5. The van der Waals surface area contributed by atoms with E-state index in [-0.39, 0.29) is 18.5 Å². The van der Waals surface area contributed by atoms with Gasteiger partial charge >= 0.3 is 5.97 Å². The molecule has 0 bridgehead atoms. The van der Waals surface area contributed by atoms with Gasteiger partial charge in [-0.2, -0.15) is 0 Å². The second-order valence-electron chi connectivity index (χ2n) is 6.88. The molecule has 2 aromatic rings. The highest BCUT2D eigenvalue weighted by Crippen LogP contribution is 2.24.